The Morgan fingerprint density at radius 1 is 1.08 bits per heavy atom. The largest absolute Gasteiger partial charge is 0.355 e. The van der Waals surface area contributed by atoms with Gasteiger partial charge in [-0.3, -0.25) is 9.59 Å². The Bertz CT molecular complexity index is 763. The second-order valence-electron chi connectivity index (χ2n) is 5.99. The Kier molecular flexibility index (Phi) is 6.83. The standard InChI is InChI=1S/C20H22F2N2O2/c1-3-23-20(26)14(2)24(13-15-8-10-17(21)11-9-15)19(25)12-16-6-4-5-7-18(16)22/h4-11,14H,3,12-13H2,1-2H3,(H,23,26). The molecule has 4 nitrogen and oxygen atoms in total. The highest BCUT2D eigenvalue weighted by molar-refractivity contribution is 5.88. The summed E-state index contributed by atoms with van der Waals surface area (Å²) in [7, 11) is 0. The van der Waals surface area contributed by atoms with Gasteiger partial charge in [0.05, 0.1) is 6.42 Å². The van der Waals surface area contributed by atoms with Crippen LogP contribution in [0, 0.1) is 11.6 Å². The van der Waals surface area contributed by atoms with Crippen LogP contribution in [0.4, 0.5) is 8.78 Å². The maximum Gasteiger partial charge on any atom is 0.242 e. The maximum absolute atomic E-state index is 13.9. The number of nitrogens with one attached hydrogen (secondary N) is 1. The molecular weight excluding hydrogens is 338 g/mol. The van der Waals surface area contributed by atoms with Crippen molar-refractivity contribution in [2.75, 3.05) is 6.54 Å². The number of amides is 2. The molecule has 0 aliphatic rings. The van der Waals surface area contributed by atoms with Crippen LogP contribution in [0.15, 0.2) is 48.5 Å². The molecule has 0 aliphatic carbocycles. The third-order valence-corrected chi connectivity index (χ3v) is 4.08. The van der Waals surface area contributed by atoms with Gasteiger partial charge in [-0.2, -0.15) is 0 Å². The van der Waals surface area contributed by atoms with E-state index in [0.717, 1.165) is 0 Å². The summed E-state index contributed by atoms with van der Waals surface area (Å²) in [5.41, 5.74) is 0.953. The van der Waals surface area contributed by atoms with Gasteiger partial charge in [0.2, 0.25) is 11.8 Å². The van der Waals surface area contributed by atoms with Gasteiger partial charge >= 0.3 is 0 Å². The molecule has 2 aromatic rings. The zero-order chi connectivity index (χ0) is 19.1. The van der Waals surface area contributed by atoms with Crippen molar-refractivity contribution in [3.05, 3.63) is 71.3 Å². The van der Waals surface area contributed by atoms with Gasteiger partial charge < -0.3 is 10.2 Å². The molecule has 0 heterocycles. The Labute approximate surface area is 151 Å². The molecule has 2 aromatic carbocycles. The fourth-order valence-electron chi connectivity index (χ4n) is 2.60. The van der Waals surface area contributed by atoms with Crippen molar-refractivity contribution < 1.29 is 18.4 Å². The first kappa shape index (κ1) is 19.6. The van der Waals surface area contributed by atoms with Gasteiger partial charge in [0, 0.05) is 13.1 Å². The van der Waals surface area contributed by atoms with E-state index in [9.17, 15) is 18.4 Å². The summed E-state index contributed by atoms with van der Waals surface area (Å²) >= 11 is 0. The van der Waals surface area contributed by atoms with Crippen molar-refractivity contribution in [3.63, 3.8) is 0 Å². The summed E-state index contributed by atoms with van der Waals surface area (Å²) in [4.78, 5) is 26.4. The topological polar surface area (TPSA) is 49.4 Å². The maximum atomic E-state index is 13.9. The number of hydrogen-bond donors (Lipinski definition) is 1. The van der Waals surface area contributed by atoms with E-state index in [1.54, 1.807) is 44.2 Å². The summed E-state index contributed by atoms with van der Waals surface area (Å²) in [5, 5.41) is 2.68. The number of rotatable bonds is 7. The minimum atomic E-state index is -0.737. The van der Waals surface area contributed by atoms with Crippen LogP contribution >= 0.6 is 0 Å². The summed E-state index contributed by atoms with van der Waals surface area (Å²) in [5.74, 6) is -1.52. The van der Waals surface area contributed by atoms with Gasteiger partial charge in [-0.05, 0) is 43.2 Å². The van der Waals surface area contributed by atoms with Crippen molar-refractivity contribution in [1.82, 2.24) is 10.2 Å². The third-order valence-electron chi connectivity index (χ3n) is 4.08. The lowest BCUT2D eigenvalue weighted by atomic mass is 10.1. The van der Waals surface area contributed by atoms with Crippen LogP contribution in [0.25, 0.3) is 0 Å². The van der Waals surface area contributed by atoms with E-state index in [-0.39, 0.29) is 36.2 Å². The van der Waals surface area contributed by atoms with Crippen LogP contribution in [0.5, 0.6) is 0 Å². The molecule has 0 aromatic heterocycles. The minimum absolute atomic E-state index is 0.131. The van der Waals surface area contributed by atoms with Gasteiger partial charge in [-0.25, -0.2) is 8.78 Å². The lowest BCUT2D eigenvalue weighted by molar-refractivity contribution is -0.140. The first-order chi connectivity index (χ1) is 12.4. The van der Waals surface area contributed by atoms with Crippen LogP contribution in [-0.2, 0) is 22.6 Å². The van der Waals surface area contributed by atoms with E-state index in [1.807, 2.05) is 0 Å². The summed E-state index contributed by atoms with van der Waals surface area (Å²) in [6, 6.07) is 11.0. The quantitative estimate of drug-likeness (QED) is 0.825. The molecule has 0 spiro atoms. The number of carbonyl (C=O) groups is 2. The first-order valence-corrected chi connectivity index (χ1v) is 8.47. The Morgan fingerprint density at radius 3 is 2.35 bits per heavy atom. The van der Waals surface area contributed by atoms with E-state index >= 15 is 0 Å². The van der Waals surface area contributed by atoms with E-state index < -0.39 is 11.9 Å². The predicted octanol–water partition coefficient (Wildman–Crippen LogP) is 3.06. The monoisotopic (exact) mass is 360 g/mol. The van der Waals surface area contributed by atoms with E-state index in [2.05, 4.69) is 5.32 Å². The second-order valence-corrected chi connectivity index (χ2v) is 5.99. The van der Waals surface area contributed by atoms with Gasteiger partial charge in [-0.15, -0.1) is 0 Å². The lowest BCUT2D eigenvalue weighted by Crippen LogP contribution is -2.48. The number of hydrogen-bond acceptors (Lipinski definition) is 2. The molecule has 0 saturated heterocycles. The van der Waals surface area contributed by atoms with Gasteiger partial charge in [0.25, 0.3) is 0 Å². The number of likely N-dealkylation sites (N-methyl/N-ethyl adjacent to an activating group) is 1. The van der Waals surface area contributed by atoms with Gasteiger partial charge in [0.1, 0.15) is 17.7 Å². The van der Waals surface area contributed by atoms with Crippen molar-refractivity contribution in [2.45, 2.75) is 32.9 Å². The van der Waals surface area contributed by atoms with Crippen LogP contribution in [-0.4, -0.2) is 29.3 Å². The number of nitrogens with zero attached hydrogens (tertiary/aromatic N) is 1. The van der Waals surface area contributed by atoms with Crippen molar-refractivity contribution in [2.24, 2.45) is 0 Å². The highest BCUT2D eigenvalue weighted by Gasteiger charge is 2.26. The molecule has 2 amide bonds. The van der Waals surface area contributed by atoms with Crippen LogP contribution < -0.4 is 5.32 Å². The SMILES string of the molecule is CCNC(=O)C(C)N(Cc1ccc(F)cc1)C(=O)Cc1ccccc1F. The average molecular weight is 360 g/mol. The van der Waals surface area contributed by atoms with Crippen molar-refractivity contribution in [1.29, 1.82) is 0 Å². The van der Waals surface area contributed by atoms with Crippen LogP contribution in [0.1, 0.15) is 25.0 Å². The molecule has 6 heteroatoms. The number of benzene rings is 2. The lowest BCUT2D eigenvalue weighted by Gasteiger charge is -2.29. The normalized spacial score (nSPS) is 11.7. The predicted molar refractivity (Wildman–Crippen MR) is 95.2 cm³/mol. The molecule has 0 fully saturated rings. The molecular formula is C20H22F2N2O2. The zero-order valence-corrected chi connectivity index (χ0v) is 14.8. The van der Waals surface area contributed by atoms with E-state index in [4.69, 9.17) is 0 Å². The van der Waals surface area contributed by atoms with Crippen LogP contribution in [0.2, 0.25) is 0 Å². The summed E-state index contributed by atoms with van der Waals surface area (Å²) < 4.78 is 27.0. The zero-order valence-electron chi connectivity index (χ0n) is 14.8. The molecule has 0 bridgehead atoms. The van der Waals surface area contributed by atoms with Crippen molar-refractivity contribution >= 4 is 11.8 Å². The molecule has 1 unspecified atom stereocenters. The Hall–Kier alpha value is -2.76. The second kappa shape index (κ2) is 9.08. The molecule has 26 heavy (non-hydrogen) atoms. The Morgan fingerprint density at radius 2 is 1.73 bits per heavy atom. The van der Waals surface area contributed by atoms with Gasteiger partial charge in [-0.1, -0.05) is 30.3 Å². The minimum Gasteiger partial charge on any atom is -0.355 e. The fourth-order valence-corrected chi connectivity index (χ4v) is 2.60. The molecule has 2 rings (SSSR count). The van der Waals surface area contributed by atoms with Gasteiger partial charge in [0.15, 0.2) is 0 Å². The molecule has 1 N–H and O–H groups in total. The highest BCUT2D eigenvalue weighted by Crippen LogP contribution is 2.14. The number of carbonyl (C=O) groups excluding carboxylic acids is 2. The third kappa shape index (κ3) is 5.12. The molecule has 0 radical (unpaired) electrons. The average Bonchev–Trinajstić information content (AvgIpc) is 2.62. The molecule has 0 aliphatic heterocycles. The molecule has 1 atom stereocenters. The summed E-state index contributed by atoms with van der Waals surface area (Å²) in [6.45, 7) is 3.98. The molecule has 138 valence electrons. The van der Waals surface area contributed by atoms with Crippen LogP contribution in [0.3, 0.4) is 0 Å². The first-order valence-electron chi connectivity index (χ1n) is 8.47. The summed E-state index contributed by atoms with van der Waals surface area (Å²) in [6.07, 6.45) is -0.155. The highest BCUT2D eigenvalue weighted by atomic mass is 19.1. The van der Waals surface area contributed by atoms with E-state index in [0.29, 0.717) is 12.1 Å². The smallest absolute Gasteiger partial charge is 0.242 e. The molecule has 0 saturated carbocycles. The van der Waals surface area contributed by atoms with E-state index in [1.165, 1.54) is 23.1 Å². The fraction of sp³-hybridized carbons (Fsp3) is 0.300. The Balaban J connectivity index is 2.23. The number of halogens is 2. The van der Waals surface area contributed by atoms with Crippen molar-refractivity contribution in [3.8, 4) is 0 Å².